The first kappa shape index (κ1) is 25.9. The van der Waals surface area contributed by atoms with Gasteiger partial charge in [0.1, 0.15) is 17.6 Å². The molecule has 10 heteroatoms. The lowest BCUT2D eigenvalue weighted by Crippen LogP contribution is -2.38. The molecule has 3 aromatic rings. The van der Waals surface area contributed by atoms with E-state index in [0.29, 0.717) is 34.0 Å². The van der Waals surface area contributed by atoms with Crippen molar-refractivity contribution in [2.75, 3.05) is 7.05 Å². The topological polar surface area (TPSA) is 54.0 Å². The van der Waals surface area contributed by atoms with Gasteiger partial charge in [-0.1, -0.05) is 47.5 Å². The van der Waals surface area contributed by atoms with Crippen molar-refractivity contribution in [3.8, 4) is 0 Å². The van der Waals surface area contributed by atoms with Crippen LogP contribution in [0.1, 0.15) is 40.9 Å². The summed E-state index contributed by atoms with van der Waals surface area (Å²) in [5.74, 6) is -0.775. The highest BCUT2D eigenvalue weighted by Gasteiger charge is 2.32. The van der Waals surface area contributed by atoms with Gasteiger partial charge in [-0.3, -0.25) is 15.1 Å². The molecule has 0 radical (unpaired) electrons. The number of carbonyl (C=O) groups is 1. The summed E-state index contributed by atoms with van der Waals surface area (Å²) in [6.45, 7) is 0. The van der Waals surface area contributed by atoms with Gasteiger partial charge in [0.05, 0.1) is 10.0 Å². The maximum Gasteiger partial charge on any atom is 0.433 e. The van der Waals surface area contributed by atoms with Crippen molar-refractivity contribution in [2.45, 2.75) is 31.1 Å². The van der Waals surface area contributed by atoms with E-state index in [4.69, 9.17) is 23.2 Å². The molecule has 3 rings (SSSR count). The van der Waals surface area contributed by atoms with Gasteiger partial charge < -0.3 is 5.32 Å². The van der Waals surface area contributed by atoms with E-state index in [1.807, 2.05) is 0 Å². The van der Waals surface area contributed by atoms with Crippen LogP contribution in [0.3, 0.4) is 0 Å². The fourth-order valence-electron chi connectivity index (χ4n) is 3.45. The number of halogens is 6. The standard InChI is InChI=1S/C24H21Cl2F4N3O/c1-31-23(34)22(15-4-7-17(27)8-5-15)33-20(16-6-9-18(25)19(26)12-16)10-2-14-3-11-21(32-13-14)24(28,29)30/h3-9,11-13,20,22,33H,2,10H2,1H3,(H,31,34)/t20-,22?/m0/s1. The summed E-state index contributed by atoms with van der Waals surface area (Å²) in [6, 6.07) is 11.6. The maximum atomic E-state index is 13.4. The van der Waals surface area contributed by atoms with Crippen LogP contribution in [0.5, 0.6) is 0 Å². The number of nitrogens with one attached hydrogen (secondary N) is 2. The Hall–Kier alpha value is -2.68. The van der Waals surface area contributed by atoms with Crippen LogP contribution in [0.4, 0.5) is 17.6 Å². The van der Waals surface area contributed by atoms with E-state index in [2.05, 4.69) is 15.6 Å². The predicted octanol–water partition coefficient (Wildman–Crippen LogP) is 6.30. The second kappa shape index (κ2) is 11.2. The number of alkyl halides is 3. The van der Waals surface area contributed by atoms with E-state index in [1.54, 1.807) is 18.2 Å². The molecular weight excluding hydrogens is 493 g/mol. The normalized spacial score (nSPS) is 13.4. The average Bonchev–Trinajstić information content (AvgIpc) is 2.81. The lowest BCUT2D eigenvalue weighted by Gasteiger charge is -2.26. The lowest BCUT2D eigenvalue weighted by molar-refractivity contribution is -0.141. The fraction of sp³-hybridized carbons (Fsp3) is 0.250. The smallest absolute Gasteiger partial charge is 0.358 e. The third-order valence-corrected chi connectivity index (χ3v) is 6.00. The minimum Gasteiger partial charge on any atom is -0.358 e. The molecule has 1 unspecified atom stereocenters. The summed E-state index contributed by atoms with van der Waals surface area (Å²) in [7, 11) is 1.49. The molecular formula is C24H21Cl2F4N3O. The van der Waals surface area contributed by atoms with E-state index in [0.717, 1.165) is 11.6 Å². The van der Waals surface area contributed by atoms with Gasteiger partial charge in [0.25, 0.3) is 0 Å². The van der Waals surface area contributed by atoms with Crippen LogP contribution in [0.2, 0.25) is 10.0 Å². The Labute approximate surface area is 204 Å². The highest BCUT2D eigenvalue weighted by Crippen LogP contribution is 2.31. The quantitative estimate of drug-likeness (QED) is 0.347. The molecule has 34 heavy (non-hydrogen) atoms. The van der Waals surface area contributed by atoms with Gasteiger partial charge >= 0.3 is 6.18 Å². The number of nitrogens with zero attached hydrogens (tertiary/aromatic N) is 1. The molecule has 1 amide bonds. The van der Waals surface area contributed by atoms with Crippen LogP contribution in [0.15, 0.2) is 60.8 Å². The molecule has 4 nitrogen and oxygen atoms in total. The number of carbonyl (C=O) groups excluding carboxylic acids is 1. The van der Waals surface area contributed by atoms with Gasteiger partial charge in [0.2, 0.25) is 5.91 Å². The zero-order valence-corrected chi connectivity index (χ0v) is 19.5. The number of likely N-dealkylation sites (N-methyl/N-ethyl adjacent to an activating group) is 1. The van der Waals surface area contributed by atoms with Crippen molar-refractivity contribution >= 4 is 29.1 Å². The summed E-state index contributed by atoms with van der Waals surface area (Å²) in [5.41, 5.74) is 0.900. The van der Waals surface area contributed by atoms with Gasteiger partial charge in [0.15, 0.2) is 0 Å². The third kappa shape index (κ3) is 6.68. The molecule has 1 aromatic heterocycles. The first-order chi connectivity index (χ1) is 16.1. The number of pyridine rings is 1. The van der Waals surface area contributed by atoms with Gasteiger partial charge in [-0.15, -0.1) is 0 Å². The summed E-state index contributed by atoms with van der Waals surface area (Å²) in [6.07, 6.45) is -2.56. The molecule has 0 spiro atoms. The minimum absolute atomic E-state index is 0.320. The molecule has 0 aliphatic heterocycles. The fourth-order valence-corrected chi connectivity index (χ4v) is 3.76. The van der Waals surface area contributed by atoms with E-state index in [9.17, 15) is 22.4 Å². The Morgan fingerprint density at radius 3 is 2.24 bits per heavy atom. The third-order valence-electron chi connectivity index (χ3n) is 5.26. The zero-order valence-electron chi connectivity index (χ0n) is 18.0. The summed E-state index contributed by atoms with van der Waals surface area (Å²) < 4.78 is 51.9. The largest absolute Gasteiger partial charge is 0.433 e. The van der Waals surface area contributed by atoms with Crippen LogP contribution in [0.25, 0.3) is 0 Å². The van der Waals surface area contributed by atoms with Gasteiger partial charge in [-0.05, 0) is 59.9 Å². The Morgan fingerprint density at radius 2 is 1.68 bits per heavy atom. The molecule has 2 N–H and O–H groups in total. The Kier molecular flexibility index (Phi) is 8.52. The van der Waals surface area contributed by atoms with Crippen LogP contribution in [0, 0.1) is 5.82 Å². The van der Waals surface area contributed by atoms with Crippen molar-refractivity contribution in [3.63, 3.8) is 0 Å². The molecule has 0 aliphatic carbocycles. The molecule has 1 heterocycles. The first-order valence-corrected chi connectivity index (χ1v) is 11.0. The van der Waals surface area contributed by atoms with Crippen LogP contribution in [-0.2, 0) is 17.4 Å². The molecule has 180 valence electrons. The maximum absolute atomic E-state index is 13.4. The number of aromatic nitrogens is 1. The van der Waals surface area contributed by atoms with Gasteiger partial charge in [0, 0.05) is 19.3 Å². The van der Waals surface area contributed by atoms with Crippen molar-refractivity contribution in [2.24, 2.45) is 0 Å². The molecule has 0 aliphatic rings. The number of amides is 1. The number of benzene rings is 2. The Balaban J connectivity index is 1.88. The summed E-state index contributed by atoms with van der Waals surface area (Å²) in [5, 5.41) is 6.54. The van der Waals surface area contributed by atoms with Crippen molar-refractivity contribution in [1.29, 1.82) is 0 Å². The molecule has 2 aromatic carbocycles. The predicted molar refractivity (Wildman–Crippen MR) is 123 cm³/mol. The average molecular weight is 514 g/mol. The minimum atomic E-state index is -4.52. The zero-order chi connectivity index (χ0) is 24.9. The highest BCUT2D eigenvalue weighted by molar-refractivity contribution is 6.42. The molecule has 0 fully saturated rings. The van der Waals surface area contributed by atoms with Crippen molar-refractivity contribution < 1.29 is 22.4 Å². The SMILES string of the molecule is CNC(=O)C(N[C@@H](CCc1ccc(C(F)(F)F)nc1)c1ccc(Cl)c(Cl)c1)c1ccc(F)cc1. The van der Waals surface area contributed by atoms with Gasteiger partial charge in [-0.25, -0.2) is 4.39 Å². The van der Waals surface area contributed by atoms with Crippen molar-refractivity contribution in [3.05, 3.63) is 99.0 Å². The summed E-state index contributed by atoms with van der Waals surface area (Å²) >= 11 is 12.2. The monoisotopic (exact) mass is 513 g/mol. The van der Waals surface area contributed by atoms with E-state index < -0.39 is 29.8 Å². The molecule has 0 saturated heterocycles. The lowest BCUT2D eigenvalue weighted by atomic mass is 9.96. The Bertz CT molecular complexity index is 1120. The van der Waals surface area contributed by atoms with Crippen LogP contribution >= 0.6 is 23.2 Å². The second-order valence-electron chi connectivity index (χ2n) is 7.58. The van der Waals surface area contributed by atoms with Gasteiger partial charge in [-0.2, -0.15) is 13.2 Å². The van der Waals surface area contributed by atoms with Crippen LogP contribution in [-0.4, -0.2) is 17.9 Å². The van der Waals surface area contributed by atoms with E-state index in [1.165, 1.54) is 43.6 Å². The second-order valence-corrected chi connectivity index (χ2v) is 8.39. The summed E-state index contributed by atoms with van der Waals surface area (Å²) in [4.78, 5) is 16.2. The molecule has 2 atom stereocenters. The molecule has 0 bridgehead atoms. The van der Waals surface area contributed by atoms with Crippen LogP contribution < -0.4 is 10.6 Å². The highest BCUT2D eigenvalue weighted by atomic mass is 35.5. The Morgan fingerprint density at radius 1 is 1.00 bits per heavy atom. The number of aryl methyl sites for hydroxylation is 1. The van der Waals surface area contributed by atoms with E-state index >= 15 is 0 Å². The number of hydrogen-bond acceptors (Lipinski definition) is 3. The van der Waals surface area contributed by atoms with Crippen molar-refractivity contribution in [1.82, 2.24) is 15.6 Å². The molecule has 0 saturated carbocycles. The first-order valence-electron chi connectivity index (χ1n) is 10.3. The number of rotatable bonds is 8. The van der Waals surface area contributed by atoms with E-state index in [-0.39, 0.29) is 5.91 Å². The number of hydrogen-bond donors (Lipinski definition) is 2.